The highest BCUT2D eigenvalue weighted by molar-refractivity contribution is 5.78. The summed E-state index contributed by atoms with van der Waals surface area (Å²) >= 11 is 0. The Morgan fingerprint density at radius 2 is 1.95 bits per heavy atom. The number of carbonyl (C=O) groups excluding carboxylic acids is 1. The Kier molecular flexibility index (Phi) is 4.88. The van der Waals surface area contributed by atoms with E-state index in [1.807, 2.05) is 0 Å². The summed E-state index contributed by atoms with van der Waals surface area (Å²) in [5.41, 5.74) is 1.37. The van der Waals surface area contributed by atoms with Gasteiger partial charge in [0.25, 0.3) is 0 Å². The fraction of sp³-hybridized carbons (Fsp3) is 0.588. The van der Waals surface area contributed by atoms with Crippen molar-refractivity contribution in [3.8, 4) is 0 Å². The molecular weight excluding hydrogens is 262 g/mol. The highest BCUT2D eigenvalue weighted by atomic mass is 16.2. The first-order valence-corrected chi connectivity index (χ1v) is 8.08. The summed E-state index contributed by atoms with van der Waals surface area (Å²) in [4.78, 5) is 14.2. The molecule has 21 heavy (non-hydrogen) atoms. The topological polar surface area (TPSA) is 44.4 Å². The Hall–Kier alpha value is -1.39. The van der Waals surface area contributed by atoms with Gasteiger partial charge in [-0.2, -0.15) is 0 Å². The molecule has 2 fully saturated rings. The van der Waals surface area contributed by atoms with Gasteiger partial charge in [0, 0.05) is 25.2 Å². The lowest BCUT2D eigenvalue weighted by Crippen LogP contribution is -2.48. The maximum absolute atomic E-state index is 11.7. The van der Waals surface area contributed by atoms with E-state index in [9.17, 15) is 4.79 Å². The molecule has 2 aliphatic rings. The highest BCUT2D eigenvalue weighted by Crippen LogP contribution is 2.18. The zero-order valence-corrected chi connectivity index (χ0v) is 12.6. The van der Waals surface area contributed by atoms with E-state index in [1.165, 1.54) is 18.4 Å². The molecule has 0 aromatic heterocycles. The van der Waals surface area contributed by atoms with Crippen LogP contribution < -0.4 is 10.6 Å². The molecule has 1 unspecified atom stereocenters. The van der Waals surface area contributed by atoms with Crippen molar-refractivity contribution in [3.63, 3.8) is 0 Å². The Bertz CT molecular complexity index is 458. The second-order valence-electron chi connectivity index (χ2n) is 6.28. The molecule has 1 aromatic rings. The molecule has 4 nitrogen and oxygen atoms in total. The molecule has 3 rings (SSSR count). The van der Waals surface area contributed by atoms with E-state index in [0.29, 0.717) is 18.6 Å². The molecule has 0 spiro atoms. The van der Waals surface area contributed by atoms with Gasteiger partial charge >= 0.3 is 0 Å². The zero-order chi connectivity index (χ0) is 14.5. The molecule has 4 heteroatoms. The van der Waals surface area contributed by atoms with Gasteiger partial charge in [-0.15, -0.1) is 0 Å². The minimum atomic E-state index is 0.151. The second kappa shape index (κ2) is 7.05. The van der Waals surface area contributed by atoms with Crippen LogP contribution in [0.3, 0.4) is 0 Å². The highest BCUT2D eigenvalue weighted by Gasteiger charge is 2.24. The van der Waals surface area contributed by atoms with Gasteiger partial charge in [0.1, 0.15) is 0 Å². The second-order valence-corrected chi connectivity index (χ2v) is 6.28. The van der Waals surface area contributed by atoms with E-state index in [-0.39, 0.29) is 5.91 Å². The summed E-state index contributed by atoms with van der Waals surface area (Å²) in [6, 6.07) is 11.5. The summed E-state index contributed by atoms with van der Waals surface area (Å²) in [5.74, 6) is 0.151. The van der Waals surface area contributed by atoms with Crippen LogP contribution in [0.2, 0.25) is 0 Å². The van der Waals surface area contributed by atoms with Crippen molar-refractivity contribution in [2.45, 2.75) is 44.3 Å². The van der Waals surface area contributed by atoms with E-state index < -0.39 is 0 Å². The van der Waals surface area contributed by atoms with E-state index in [1.54, 1.807) is 0 Å². The van der Waals surface area contributed by atoms with Crippen molar-refractivity contribution in [3.05, 3.63) is 35.9 Å². The molecule has 1 saturated carbocycles. The number of hydrogen-bond donors (Lipinski definition) is 2. The van der Waals surface area contributed by atoms with Crippen molar-refractivity contribution in [2.24, 2.45) is 0 Å². The van der Waals surface area contributed by atoms with Gasteiger partial charge in [0.15, 0.2) is 0 Å². The SMILES string of the molecule is O=C(CNC1CCCN(Cc2ccccc2)C1)NC1CC1. The Morgan fingerprint density at radius 3 is 2.71 bits per heavy atom. The smallest absolute Gasteiger partial charge is 0.234 e. The molecule has 0 radical (unpaired) electrons. The quantitative estimate of drug-likeness (QED) is 0.834. The van der Waals surface area contributed by atoms with Crippen LogP contribution in [0.1, 0.15) is 31.2 Å². The minimum Gasteiger partial charge on any atom is -0.352 e. The number of nitrogens with one attached hydrogen (secondary N) is 2. The summed E-state index contributed by atoms with van der Waals surface area (Å²) in [6.07, 6.45) is 4.68. The van der Waals surface area contributed by atoms with Gasteiger partial charge < -0.3 is 10.6 Å². The van der Waals surface area contributed by atoms with Crippen LogP contribution in [0, 0.1) is 0 Å². The first-order chi connectivity index (χ1) is 10.3. The van der Waals surface area contributed by atoms with E-state index in [2.05, 4.69) is 45.9 Å². The monoisotopic (exact) mass is 287 g/mol. The predicted octanol–water partition coefficient (Wildman–Crippen LogP) is 1.52. The lowest BCUT2D eigenvalue weighted by atomic mass is 10.0. The number of piperidine rings is 1. The number of likely N-dealkylation sites (tertiary alicyclic amines) is 1. The average molecular weight is 287 g/mol. The molecule has 1 atom stereocenters. The third-order valence-electron chi connectivity index (χ3n) is 4.25. The number of amides is 1. The fourth-order valence-corrected chi connectivity index (χ4v) is 2.95. The van der Waals surface area contributed by atoms with Crippen molar-refractivity contribution in [1.29, 1.82) is 0 Å². The molecular formula is C17H25N3O. The third-order valence-corrected chi connectivity index (χ3v) is 4.25. The third kappa shape index (κ3) is 4.83. The van der Waals surface area contributed by atoms with Gasteiger partial charge in [0.05, 0.1) is 6.54 Å². The van der Waals surface area contributed by atoms with E-state index in [4.69, 9.17) is 0 Å². The Balaban J connectivity index is 1.41. The van der Waals surface area contributed by atoms with Gasteiger partial charge in [-0.3, -0.25) is 9.69 Å². The van der Waals surface area contributed by atoms with Crippen LogP contribution in [-0.2, 0) is 11.3 Å². The maximum Gasteiger partial charge on any atom is 0.234 e. The van der Waals surface area contributed by atoms with Crippen molar-refractivity contribution < 1.29 is 4.79 Å². The van der Waals surface area contributed by atoms with Crippen LogP contribution in [-0.4, -0.2) is 42.5 Å². The molecule has 1 saturated heterocycles. The summed E-state index contributed by atoms with van der Waals surface area (Å²) in [5, 5.41) is 6.45. The summed E-state index contributed by atoms with van der Waals surface area (Å²) in [7, 11) is 0. The van der Waals surface area contributed by atoms with Crippen LogP contribution >= 0.6 is 0 Å². The molecule has 1 aliphatic carbocycles. The van der Waals surface area contributed by atoms with Crippen LogP contribution in [0.4, 0.5) is 0 Å². The number of rotatable bonds is 6. The standard InChI is InChI=1S/C17H25N3O/c21-17(19-15-8-9-15)11-18-16-7-4-10-20(13-16)12-14-5-2-1-3-6-14/h1-3,5-6,15-16,18H,4,7-13H2,(H,19,21). The molecule has 1 aromatic carbocycles. The molecule has 0 bridgehead atoms. The maximum atomic E-state index is 11.7. The van der Waals surface area contributed by atoms with Crippen LogP contribution in [0.25, 0.3) is 0 Å². The average Bonchev–Trinajstić information content (AvgIpc) is 3.31. The molecule has 1 aliphatic heterocycles. The molecule has 1 amide bonds. The lowest BCUT2D eigenvalue weighted by molar-refractivity contribution is -0.120. The van der Waals surface area contributed by atoms with Crippen LogP contribution in [0.5, 0.6) is 0 Å². The normalized spacial score (nSPS) is 23.0. The molecule has 1 heterocycles. The number of nitrogens with zero attached hydrogens (tertiary/aromatic N) is 1. The van der Waals surface area contributed by atoms with E-state index in [0.717, 1.165) is 32.5 Å². The summed E-state index contributed by atoms with van der Waals surface area (Å²) < 4.78 is 0. The van der Waals surface area contributed by atoms with Gasteiger partial charge in [-0.25, -0.2) is 0 Å². The lowest BCUT2D eigenvalue weighted by Gasteiger charge is -2.33. The van der Waals surface area contributed by atoms with Gasteiger partial charge in [0.2, 0.25) is 5.91 Å². The number of hydrogen-bond acceptors (Lipinski definition) is 3. The van der Waals surface area contributed by atoms with Crippen molar-refractivity contribution >= 4 is 5.91 Å². The molecule has 114 valence electrons. The van der Waals surface area contributed by atoms with Gasteiger partial charge in [-0.05, 0) is 37.8 Å². The van der Waals surface area contributed by atoms with E-state index >= 15 is 0 Å². The van der Waals surface area contributed by atoms with Crippen LogP contribution in [0.15, 0.2) is 30.3 Å². The predicted molar refractivity (Wildman–Crippen MR) is 83.9 cm³/mol. The fourth-order valence-electron chi connectivity index (χ4n) is 2.95. The van der Waals surface area contributed by atoms with Crippen molar-refractivity contribution in [2.75, 3.05) is 19.6 Å². The zero-order valence-electron chi connectivity index (χ0n) is 12.6. The Morgan fingerprint density at radius 1 is 1.14 bits per heavy atom. The number of benzene rings is 1. The van der Waals surface area contributed by atoms with Crippen molar-refractivity contribution in [1.82, 2.24) is 15.5 Å². The summed E-state index contributed by atoms with van der Waals surface area (Å²) in [6.45, 7) is 3.65. The molecule has 2 N–H and O–H groups in total. The van der Waals surface area contributed by atoms with Gasteiger partial charge in [-0.1, -0.05) is 30.3 Å². The largest absolute Gasteiger partial charge is 0.352 e. The minimum absolute atomic E-state index is 0.151. The number of carbonyl (C=O) groups is 1. The first kappa shape index (κ1) is 14.5. The Labute approximate surface area is 126 Å². The first-order valence-electron chi connectivity index (χ1n) is 8.08.